The van der Waals surface area contributed by atoms with E-state index in [-0.39, 0.29) is 5.91 Å². The quantitative estimate of drug-likeness (QED) is 0.706. The normalized spacial score (nSPS) is 10.5. The Morgan fingerprint density at radius 2 is 2.04 bits per heavy atom. The highest BCUT2D eigenvalue weighted by Gasteiger charge is 2.12. The van der Waals surface area contributed by atoms with Gasteiger partial charge in [-0.2, -0.15) is 0 Å². The van der Waals surface area contributed by atoms with Crippen LogP contribution in [0.3, 0.4) is 0 Å². The molecule has 3 aromatic rings. The molecule has 2 aromatic carbocycles. The molecule has 1 aromatic heterocycles. The van der Waals surface area contributed by atoms with Gasteiger partial charge in [0.15, 0.2) is 5.13 Å². The van der Waals surface area contributed by atoms with Gasteiger partial charge >= 0.3 is 0 Å². The molecule has 0 saturated heterocycles. The molecule has 0 fully saturated rings. The van der Waals surface area contributed by atoms with E-state index in [9.17, 15) is 9.18 Å². The van der Waals surface area contributed by atoms with Gasteiger partial charge in [-0.1, -0.05) is 30.3 Å². The summed E-state index contributed by atoms with van der Waals surface area (Å²) in [5.41, 5.74) is 1.98. The predicted molar refractivity (Wildman–Crippen MR) is 97.5 cm³/mol. The van der Waals surface area contributed by atoms with Crippen molar-refractivity contribution in [2.75, 3.05) is 12.4 Å². The van der Waals surface area contributed by atoms with Crippen LogP contribution in [0.15, 0.2) is 53.9 Å². The highest BCUT2D eigenvalue weighted by atomic mass is 32.1. The van der Waals surface area contributed by atoms with Crippen LogP contribution in [0.5, 0.6) is 5.75 Å². The zero-order valence-corrected chi connectivity index (χ0v) is 14.5. The largest absolute Gasteiger partial charge is 0.497 e. The Kier molecular flexibility index (Phi) is 5.40. The summed E-state index contributed by atoms with van der Waals surface area (Å²) >= 11 is 1.27. The monoisotopic (exact) mass is 356 g/mol. The average molecular weight is 356 g/mol. The Balaban J connectivity index is 1.62. The van der Waals surface area contributed by atoms with Gasteiger partial charge in [0.2, 0.25) is 5.91 Å². The number of carbonyl (C=O) groups excluding carboxylic acids is 1. The van der Waals surface area contributed by atoms with Gasteiger partial charge in [0, 0.05) is 23.4 Å². The molecule has 4 nitrogen and oxygen atoms in total. The summed E-state index contributed by atoms with van der Waals surface area (Å²) in [6, 6.07) is 14.4. The first-order valence-electron chi connectivity index (χ1n) is 7.79. The van der Waals surface area contributed by atoms with E-state index in [1.54, 1.807) is 17.5 Å². The van der Waals surface area contributed by atoms with Crippen molar-refractivity contribution in [1.29, 1.82) is 0 Å². The predicted octanol–water partition coefficient (Wildman–Crippen LogP) is 4.53. The lowest BCUT2D eigenvalue weighted by Crippen LogP contribution is -2.12. The van der Waals surface area contributed by atoms with E-state index < -0.39 is 5.82 Å². The number of halogens is 1. The van der Waals surface area contributed by atoms with Crippen molar-refractivity contribution >= 4 is 22.4 Å². The van der Waals surface area contributed by atoms with Gasteiger partial charge in [-0.15, -0.1) is 11.3 Å². The van der Waals surface area contributed by atoms with Crippen molar-refractivity contribution in [2.24, 2.45) is 0 Å². The minimum atomic E-state index is -0.411. The van der Waals surface area contributed by atoms with E-state index in [1.165, 1.54) is 24.5 Å². The highest BCUT2D eigenvalue weighted by Crippen LogP contribution is 2.29. The molecule has 0 unspecified atom stereocenters. The zero-order chi connectivity index (χ0) is 17.6. The van der Waals surface area contributed by atoms with Crippen molar-refractivity contribution in [3.63, 3.8) is 0 Å². The lowest BCUT2D eigenvalue weighted by atomic mass is 10.1. The molecule has 1 amide bonds. The van der Waals surface area contributed by atoms with Gasteiger partial charge in [0.1, 0.15) is 11.6 Å². The minimum Gasteiger partial charge on any atom is -0.497 e. The first-order chi connectivity index (χ1) is 12.2. The number of rotatable bonds is 6. The summed E-state index contributed by atoms with van der Waals surface area (Å²) in [7, 11) is 1.49. The van der Waals surface area contributed by atoms with Gasteiger partial charge in [-0.25, -0.2) is 9.37 Å². The Morgan fingerprint density at radius 1 is 1.24 bits per heavy atom. The molecule has 0 aliphatic heterocycles. The lowest BCUT2D eigenvalue weighted by Gasteiger charge is -2.03. The number of aromatic nitrogens is 1. The number of thiazole rings is 1. The number of aryl methyl sites for hydroxylation is 1. The first kappa shape index (κ1) is 17.1. The van der Waals surface area contributed by atoms with Crippen molar-refractivity contribution in [2.45, 2.75) is 12.8 Å². The fourth-order valence-corrected chi connectivity index (χ4v) is 3.10. The summed E-state index contributed by atoms with van der Waals surface area (Å²) in [5, 5.41) is 4.95. The Morgan fingerprint density at radius 3 is 2.76 bits per heavy atom. The van der Waals surface area contributed by atoms with Crippen molar-refractivity contribution in [1.82, 2.24) is 4.98 Å². The number of hydrogen-bond acceptors (Lipinski definition) is 4. The topological polar surface area (TPSA) is 51.2 Å². The molecule has 0 bridgehead atoms. The van der Waals surface area contributed by atoms with E-state index in [2.05, 4.69) is 10.3 Å². The maximum Gasteiger partial charge on any atom is 0.226 e. The average Bonchev–Trinajstić information content (AvgIpc) is 3.08. The third-order valence-corrected chi connectivity index (χ3v) is 4.44. The third kappa shape index (κ3) is 4.42. The molecule has 0 spiro atoms. The van der Waals surface area contributed by atoms with Crippen LogP contribution in [0, 0.1) is 5.82 Å². The molecule has 3 rings (SSSR count). The molecule has 0 atom stereocenters. The second-order valence-electron chi connectivity index (χ2n) is 5.42. The van der Waals surface area contributed by atoms with Crippen molar-refractivity contribution in [3.8, 4) is 17.0 Å². The van der Waals surface area contributed by atoms with Crippen LogP contribution in [0.25, 0.3) is 11.3 Å². The Bertz CT molecular complexity index is 865. The number of anilines is 1. The number of methoxy groups -OCH3 is 1. The fourth-order valence-electron chi connectivity index (χ4n) is 2.37. The van der Waals surface area contributed by atoms with Crippen LogP contribution in [-0.2, 0) is 11.2 Å². The molecule has 0 radical (unpaired) electrons. The molecule has 1 N–H and O–H groups in total. The van der Waals surface area contributed by atoms with Gasteiger partial charge in [0.05, 0.1) is 12.8 Å². The van der Waals surface area contributed by atoms with Crippen LogP contribution in [0.4, 0.5) is 9.52 Å². The van der Waals surface area contributed by atoms with Crippen LogP contribution >= 0.6 is 11.3 Å². The molecule has 6 heteroatoms. The first-order valence-corrected chi connectivity index (χ1v) is 8.67. The van der Waals surface area contributed by atoms with Gasteiger partial charge in [-0.05, 0) is 24.1 Å². The fraction of sp³-hybridized carbons (Fsp3) is 0.158. The minimum absolute atomic E-state index is 0.111. The van der Waals surface area contributed by atoms with E-state index in [1.807, 2.05) is 30.3 Å². The van der Waals surface area contributed by atoms with Crippen molar-refractivity contribution < 1.29 is 13.9 Å². The molecular weight excluding hydrogens is 339 g/mol. The number of nitrogens with zero attached hydrogens (tertiary/aromatic N) is 1. The van der Waals surface area contributed by atoms with Crippen LogP contribution in [0.1, 0.15) is 12.0 Å². The van der Waals surface area contributed by atoms with Crippen LogP contribution in [0.2, 0.25) is 0 Å². The van der Waals surface area contributed by atoms with Gasteiger partial charge in [-0.3, -0.25) is 4.79 Å². The van der Waals surface area contributed by atoms with Crippen LogP contribution < -0.4 is 10.1 Å². The lowest BCUT2D eigenvalue weighted by molar-refractivity contribution is -0.116. The zero-order valence-electron chi connectivity index (χ0n) is 13.7. The standard InChI is InChI=1S/C19H17FN2O2S/c1-24-14-8-9-15(16(20)11-14)17-12-25-19(21-17)22-18(23)10-7-13-5-3-2-4-6-13/h2-6,8-9,11-12H,7,10H2,1H3,(H,21,22,23). The van der Waals surface area contributed by atoms with Gasteiger partial charge < -0.3 is 10.1 Å². The summed E-state index contributed by atoms with van der Waals surface area (Å²) in [6.07, 6.45) is 1.04. The summed E-state index contributed by atoms with van der Waals surface area (Å²) in [5.74, 6) is -0.0718. The maximum atomic E-state index is 14.1. The molecule has 0 aliphatic carbocycles. The maximum absolute atomic E-state index is 14.1. The van der Waals surface area contributed by atoms with E-state index >= 15 is 0 Å². The Labute approximate surface area is 149 Å². The SMILES string of the molecule is COc1ccc(-c2csc(NC(=O)CCc3ccccc3)n2)c(F)c1. The molecule has 0 aliphatic rings. The second kappa shape index (κ2) is 7.90. The highest BCUT2D eigenvalue weighted by molar-refractivity contribution is 7.14. The molecular formula is C19H17FN2O2S. The number of ether oxygens (including phenoxy) is 1. The van der Waals surface area contributed by atoms with Crippen molar-refractivity contribution in [3.05, 3.63) is 65.3 Å². The molecule has 1 heterocycles. The van der Waals surface area contributed by atoms with E-state index in [4.69, 9.17) is 4.74 Å². The third-order valence-electron chi connectivity index (χ3n) is 3.69. The smallest absolute Gasteiger partial charge is 0.226 e. The molecule has 25 heavy (non-hydrogen) atoms. The summed E-state index contributed by atoms with van der Waals surface area (Å²) < 4.78 is 19.1. The second-order valence-corrected chi connectivity index (χ2v) is 6.28. The summed E-state index contributed by atoms with van der Waals surface area (Å²) in [6.45, 7) is 0. The van der Waals surface area contributed by atoms with E-state index in [0.717, 1.165) is 5.56 Å². The van der Waals surface area contributed by atoms with Gasteiger partial charge in [0.25, 0.3) is 0 Å². The number of amides is 1. The number of carbonyl (C=O) groups is 1. The molecule has 128 valence electrons. The number of nitrogens with one attached hydrogen (secondary N) is 1. The van der Waals surface area contributed by atoms with E-state index in [0.29, 0.717) is 35.0 Å². The number of hydrogen-bond donors (Lipinski definition) is 1. The van der Waals surface area contributed by atoms with Crippen LogP contribution in [-0.4, -0.2) is 18.0 Å². The Hall–Kier alpha value is -2.73. The molecule has 0 saturated carbocycles. The summed E-state index contributed by atoms with van der Waals surface area (Å²) in [4.78, 5) is 16.3. The number of benzene rings is 2.